The molecule has 0 unspecified atom stereocenters. The van der Waals surface area contributed by atoms with Gasteiger partial charge in [-0.15, -0.1) is 0 Å². The summed E-state index contributed by atoms with van der Waals surface area (Å²) in [5.74, 6) is 7.58. The summed E-state index contributed by atoms with van der Waals surface area (Å²) in [4.78, 5) is 30.6. The number of hydrogen-bond donors (Lipinski definition) is 2. The summed E-state index contributed by atoms with van der Waals surface area (Å²) in [6, 6.07) is 0.540. The number of nitrogens with two attached hydrogens (primary N) is 1. The van der Waals surface area contributed by atoms with Crippen molar-refractivity contribution in [2.45, 2.75) is 38.9 Å². The van der Waals surface area contributed by atoms with Gasteiger partial charge in [0, 0.05) is 33.3 Å². The number of fused-ring (bicyclic) bond motifs is 1. The maximum absolute atomic E-state index is 15.1. The molecule has 0 spiro atoms. The van der Waals surface area contributed by atoms with Crippen LogP contribution in [0.1, 0.15) is 47.9 Å². The lowest BCUT2D eigenvalue weighted by Gasteiger charge is -2.21. The van der Waals surface area contributed by atoms with Crippen LogP contribution in [0.5, 0.6) is 0 Å². The molecular formula is C26H27F2N7O3. The van der Waals surface area contributed by atoms with Gasteiger partial charge < -0.3 is 25.3 Å². The van der Waals surface area contributed by atoms with Gasteiger partial charge in [-0.3, -0.25) is 9.59 Å². The van der Waals surface area contributed by atoms with Crippen molar-refractivity contribution in [1.82, 2.24) is 24.2 Å². The molecule has 0 radical (unpaired) electrons. The largest absolute Gasteiger partial charge is 0.383 e. The summed E-state index contributed by atoms with van der Waals surface area (Å²) in [5.41, 5.74) is 5.37. The highest BCUT2D eigenvalue weighted by molar-refractivity contribution is 6.00. The number of likely N-dealkylation sites (tertiary alicyclic amines) is 1. The number of ether oxygens (including phenoxy) is 1. The zero-order valence-electron chi connectivity index (χ0n) is 21.4. The van der Waals surface area contributed by atoms with Gasteiger partial charge in [-0.2, -0.15) is 5.10 Å². The van der Waals surface area contributed by atoms with E-state index in [2.05, 4.69) is 39.1 Å². The first kappa shape index (κ1) is 26.6. The summed E-state index contributed by atoms with van der Waals surface area (Å²) >= 11 is 0. The fourth-order valence-electron chi connectivity index (χ4n) is 4.72. The molecule has 2 amide bonds. The number of hydrogen-bond acceptors (Lipinski definition) is 6. The Bertz CT molecular complexity index is 1540. The molecular weight excluding hydrogens is 496 g/mol. The topological polar surface area (TPSA) is 120 Å². The van der Waals surface area contributed by atoms with Crippen molar-refractivity contribution in [3.05, 3.63) is 40.8 Å². The van der Waals surface area contributed by atoms with Crippen LogP contribution >= 0.6 is 0 Å². The van der Waals surface area contributed by atoms with Crippen LogP contribution in [0.15, 0.2) is 12.4 Å². The summed E-state index contributed by atoms with van der Waals surface area (Å²) in [6.45, 7) is 4.44. The van der Waals surface area contributed by atoms with Crippen LogP contribution in [0.3, 0.4) is 0 Å². The number of nitrogens with one attached hydrogen (secondary N) is 1. The first-order valence-corrected chi connectivity index (χ1v) is 11.9. The number of amides is 2. The summed E-state index contributed by atoms with van der Waals surface area (Å²) in [7, 11) is 3.12. The maximum Gasteiger partial charge on any atom is 0.298 e. The number of benzene rings is 1. The van der Waals surface area contributed by atoms with Crippen LogP contribution in [-0.4, -0.2) is 69.4 Å². The number of nitrogens with zero attached hydrogens (tertiary/aromatic N) is 5. The second-order valence-electron chi connectivity index (χ2n) is 8.66. The molecule has 1 fully saturated rings. The zero-order chi connectivity index (χ0) is 27.6. The molecule has 1 aliphatic rings. The third-order valence-corrected chi connectivity index (χ3v) is 6.44. The Kier molecular flexibility index (Phi) is 7.65. The smallest absolute Gasteiger partial charge is 0.298 e. The monoisotopic (exact) mass is 523 g/mol. The maximum atomic E-state index is 15.1. The first-order chi connectivity index (χ1) is 18.2. The van der Waals surface area contributed by atoms with Gasteiger partial charge >= 0.3 is 0 Å². The third kappa shape index (κ3) is 4.66. The normalized spacial score (nSPS) is 16.6. The Morgan fingerprint density at radius 2 is 2.08 bits per heavy atom. The number of imidazole rings is 1. The number of anilines is 1. The molecule has 3 heterocycles. The van der Waals surface area contributed by atoms with Crippen molar-refractivity contribution >= 4 is 28.7 Å². The minimum Gasteiger partial charge on any atom is -0.383 e. The third-order valence-electron chi connectivity index (χ3n) is 6.44. The minimum absolute atomic E-state index is 0.0100. The van der Waals surface area contributed by atoms with Gasteiger partial charge in [-0.25, -0.2) is 18.4 Å². The molecule has 10 nitrogen and oxygen atoms in total. The molecule has 4 rings (SSSR count). The predicted octanol–water partition coefficient (Wildman–Crippen LogP) is 1.88. The Hall–Kier alpha value is -4.42. The van der Waals surface area contributed by atoms with Gasteiger partial charge in [0.15, 0.2) is 11.5 Å². The van der Waals surface area contributed by atoms with E-state index >= 15 is 4.39 Å². The Balaban J connectivity index is 1.78. The van der Waals surface area contributed by atoms with E-state index in [-0.39, 0.29) is 53.7 Å². The fraction of sp³-hybridized carbons (Fsp3) is 0.385. The Morgan fingerprint density at radius 1 is 1.32 bits per heavy atom. The average Bonchev–Trinajstić information content (AvgIpc) is 3.59. The minimum atomic E-state index is -0.905. The van der Waals surface area contributed by atoms with Gasteiger partial charge in [-0.05, 0) is 32.1 Å². The summed E-state index contributed by atoms with van der Waals surface area (Å²) in [5, 5.41) is 7.39. The van der Waals surface area contributed by atoms with E-state index in [4.69, 9.17) is 10.5 Å². The summed E-state index contributed by atoms with van der Waals surface area (Å²) in [6.07, 6.45) is 1.89. The molecule has 3 N–H and O–H groups in total. The van der Waals surface area contributed by atoms with E-state index < -0.39 is 23.1 Å². The number of rotatable bonds is 6. The molecule has 1 aromatic carbocycles. The van der Waals surface area contributed by atoms with Gasteiger partial charge in [0.2, 0.25) is 0 Å². The van der Waals surface area contributed by atoms with Gasteiger partial charge in [0.25, 0.3) is 11.8 Å². The lowest BCUT2D eigenvalue weighted by molar-refractivity contribution is -0.126. The number of aromatic nitrogens is 4. The van der Waals surface area contributed by atoms with Crippen LogP contribution < -0.4 is 11.1 Å². The van der Waals surface area contributed by atoms with Gasteiger partial charge in [0.1, 0.15) is 22.7 Å². The number of methoxy groups -OCH3 is 1. The van der Waals surface area contributed by atoms with Crippen LogP contribution in [0.25, 0.3) is 11.0 Å². The van der Waals surface area contributed by atoms with Crippen LogP contribution in [0.2, 0.25) is 0 Å². The van der Waals surface area contributed by atoms with E-state index in [0.29, 0.717) is 18.5 Å². The van der Waals surface area contributed by atoms with E-state index in [1.807, 2.05) is 6.92 Å². The Morgan fingerprint density at radius 3 is 2.71 bits per heavy atom. The molecule has 12 heteroatoms. The van der Waals surface area contributed by atoms with E-state index in [1.54, 1.807) is 23.4 Å². The van der Waals surface area contributed by atoms with Gasteiger partial charge in [-0.1, -0.05) is 11.8 Å². The zero-order valence-corrected chi connectivity index (χ0v) is 21.4. The fourth-order valence-corrected chi connectivity index (χ4v) is 4.72. The highest BCUT2D eigenvalue weighted by Crippen LogP contribution is 2.32. The van der Waals surface area contributed by atoms with E-state index in [9.17, 15) is 14.0 Å². The number of carbonyl (C=O) groups is 2. The predicted molar refractivity (Wildman–Crippen MR) is 136 cm³/mol. The molecule has 0 bridgehead atoms. The SMILES string of the molecule is CC#CC(=O)N1C[C@@H](n2nc(C#Cc3c(F)cc4c(ncn4CC)c3F)c(C(N)=O)c2NC)C[C@@H]1COC. The summed E-state index contributed by atoms with van der Waals surface area (Å²) < 4.78 is 38.4. The van der Waals surface area contributed by atoms with Crippen molar-refractivity contribution in [1.29, 1.82) is 0 Å². The lowest BCUT2D eigenvalue weighted by atomic mass is 10.1. The van der Waals surface area contributed by atoms with Crippen LogP contribution in [0, 0.1) is 35.3 Å². The highest BCUT2D eigenvalue weighted by atomic mass is 19.1. The molecule has 0 saturated carbocycles. The molecule has 3 aromatic rings. The second-order valence-corrected chi connectivity index (χ2v) is 8.66. The molecule has 38 heavy (non-hydrogen) atoms. The van der Waals surface area contributed by atoms with E-state index in [1.165, 1.54) is 24.2 Å². The second kappa shape index (κ2) is 10.9. The number of aryl methyl sites for hydroxylation is 1. The van der Waals surface area contributed by atoms with Gasteiger partial charge in [0.05, 0.1) is 36.1 Å². The highest BCUT2D eigenvalue weighted by Gasteiger charge is 2.38. The van der Waals surface area contributed by atoms with E-state index in [0.717, 1.165) is 0 Å². The molecule has 1 saturated heterocycles. The average molecular weight is 524 g/mol. The first-order valence-electron chi connectivity index (χ1n) is 11.9. The Labute approximate surface area is 218 Å². The number of halogens is 2. The molecule has 198 valence electrons. The standard InChI is InChI=1S/C26H27F2N7O3/c1-5-7-21(36)34-12-15(10-16(34)13-38-4)35-26(30-3)22(25(29)37)19(32-35)9-8-17-18(27)11-20-24(23(17)28)31-14-33(20)6-2/h11,14-16,30H,6,10,12-13H2,1-4H3,(H2,29,37)/t15-,16+/m0/s1. The van der Waals surface area contributed by atoms with Crippen LogP contribution in [-0.2, 0) is 16.1 Å². The molecule has 1 aliphatic heterocycles. The van der Waals surface area contributed by atoms with Crippen molar-refractivity contribution in [2.24, 2.45) is 5.73 Å². The number of primary amides is 1. The molecule has 2 atom stereocenters. The molecule has 2 aromatic heterocycles. The molecule has 0 aliphatic carbocycles. The quantitative estimate of drug-likeness (QED) is 0.476. The van der Waals surface area contributed by atoms with Crippen molar-refractivity contribution in [3.63, 3.8) is 0 Å². The van der Waals surface area contributed by atoms with Crippen molar-refractivity contribution < 1.29 is 23.1 Å². The van der Waals surface area contributed by atoms with Crippen molar-refractivity contribution in [3.8, 4) is 23.7 Å². The lowest BCUT2D eigenvalue weighted by Crippen LogP contribution is -2.37. The van der Waals surface area contributed by atoms with Crippen molar-refractivity contribution in [2.75, 3.05) is 32.6 Å². The van der Waals surface area contributed by atoms with Crippen LogP contribution in [0.4, 0.5) is 14.6 Å². The number of carbonyl (C=O) groups excluding carboxylic acids is 2.